The lowest BCUT2D eigenvalue weighted by atomic mass is 10.0. The van der Waals surface area contributed by atoms with Crippen molar-refractivity contribution in [2.24, 2.45) is 0 Å². The van der Waals surface area contributed by atoms with E-state index in [-0.39, 0.29) is 18.1 Å². The van der Waals surface area contributed by atoms with E-state index in [2.05, 4.69) is 17.4 Å². The second-order valence-electron chi connectivity index (χ2n) is 5.93. The fraction of sp³-hybridized carbons (Fsp3) is 0.150. The number of carbonyl (C=O) groups excluding carboxylic acids is 1. The standard InChI is InChI=1S/C20H16FNO/c21-17-7-2-1-4-15(17)12-19(23)22-18-11-10-14-9-8-13-5-3-6-16(18)20(13)14/h1-7,10-11H,8-9,12H2,(H,22,23). The molecule has 1 aliphatic rings. The van der Waals surface area contributed by atoms with Crippen molar-refractivity contribution in [2.75, 3.05) is 5.32 Å². The molecule has 0 radical (unpaired) electrons. The lowest BCUT2D eigenvalue weighted by molar-refractivity contribution is -0.115. The van der Waals surface area contributed by atoms with Crippen molar-refractivity contribution in [1.82, 2.24) is 0 Å². The van der Waals surface area contributed by atoms with E-state index < -0.39 is 0 Å². The minimum atomic E-state index is -0.344. The Balaban J connectivity index is 1.64. The molecule has 2 nitrogen and oxygen atoms in total. The van der Waals surface area contributed by atoms with Crippen molar-refractivity contribution in [3.05, 3.63) is 77.1 Å². The van der Waals surface area contributed by atoms with Gasteiger partial charge in [0.25, 0.3) is 0 Å². The second-order valence-corrected chi connectivity index (χ2v) is 5.93. The molecule has 0 atom stereocenters. The van der Waals surface area contributed by atoms with E-state index in [1.807, 2.05) is 18.2 Å². The number of nitrogens with one attached hydrogen (secondary N) is 1. The van der Waals surface area contributed by atoms with E-state index in [0.29, 0.717) is 5.56 Å². The molecule has 1 amide bonds. The number of halogens is 1. The van der Waals surface area contributed by atoms with Crippen molar-refractivity contribution >= 4 is 22.4 Å². The number of rotatable bonds is 3. The van der Waals surface area contributed by atoms with Crippen LogP contribution in [0.5, 0.6) is 0 Å². The summed E-state index contributed by atoms with van der Waals surface area (Å²) in [5.74, 6) is -0.545. The molecule has 1 aliphatic carbocycles. The van der Waals surface area contributed by atoms with Gasteiger partial charge in [0, 0.05) is 11.1 Å². The molecular formula is C20H16FNO. The van der Waals surface area contributed by atoms with Gasteiger partial charge in [-0.3, -0.25) is 4.79 Å². The van der Waals surface area contributed by atoms with Gasteiger partial charge in [0.15, 0.2) is 0 Å². The third kappa shape index (κ3) is 2.48. The molecule has 0 fully saturated rings. The average molecular weight is 305 g/mol. The van der Waals surface area contributed by atoms with E-state index >= 15 is 0 Å². The summed E-state index contributed by atoms with van der Waals surface area (Å²) in [5, 5.41) is 5.27. The van der Waals surface area contributed by atoms with E-state index in [1.54, 1.807) is 18.2 Å². The van der Waals surface area contributed by atoms with Crippen molar-refractivity contribution in [1.29, 1.82) is 0 Å². The summed E-state index contributed by atoms with van der Waals surface area (Å²) < 4.78 is 13.7. The zero-order chi connectivity index (χ0) is 15.8. The van der Waals surface area contributed by atoms with Crippen molar-refractivity contribution < 1.29 is 9.18 Å². The van der Waals surface area contributed by atoms with Crippen LogP contribution in [0.25, 0.3) is 10.8 Å². The van der Waals surface area contributed by atoms with Gasteiger partial charge in [-0.1, -0.05) is 42.5 Å². The number of hydrogen-bond donors (Lipinski definition) is 1. The van der Waals surface area contributed by atoms with Gasteiger partial charge in [0.05, 0.1) is 6.42 Å². The van der Waals surface area contributed by atoms with Gasteiger partial charge in [0.1, 0.15) is 5.82 Å². The van der Waals surface area contributed by atoms with Gasteiger partial charge in [-0.05, 0) is 47.1 Å². The lowest BCUT2D eigenvalue weighted by Gasteiger charge is -2.11. The maximum absolute atomic E-state index is 13.7. The predicted octanol–water partition coefficient (Wildman–Crippen LogP) is 4.26. The van der Waals surface area contributed by atoms with Crippen LogP contribution in [0.15, 0.2) is 54.6 Å². The highest BCUT2D eigenvalue weighted by atomic mass is 19.1. The van der Waals surface area contributed by atoms with E-state index in [4.69, 9.17) is 0 Å². The zero-order valence-corrected chi connectivity index (χ0v) is 12.6. The van der Waals surface area contributed by atoms with Gasteiger partial charge < -0.3 is 5.32 Å². The smallest absolute Gasteiger partial charge is 0.228 e. The molecule has 0 aliphatic heterocycles. The molecule has 0 unspecified atom stereocenters. The molecule has 0 heterocycles. The van der Waals surface area contributed by atoms with Crippen LogP contribution in [0.3, 0.4) is 0 Å². The Hall–Kier alpha value is -2.68. The Morgan fingerprint density at radius 2 is 1.74 bits per heavy atom. The Bertz CT molecular complexity index is 906. The largest absolute Gasteiger partial charge is 0.325 e. The number of benzene rings is 3. The van der Waals surface area contributed by atoms with Crippen LogP contribution in [0.4, 0.5) is 10.1 Å². The van der Waals surface area contributed by atoms with Gasteiger partial charge >= 0.3 is 0 Å². The minimum Gasteiger partial charge on any atom is -0.325 e. The van der Waals surface area contributed by atoms with Gasteiger partial charge in [-0.15, -0.1) is 0 Å². The maximum Gasteiger partial charge on any atom is 0.228 e. The molecule has 3 heteroatoms. The molecule has 23 heavy (non-hydrogen) atoms. The molecule has 1 N–H and O–H groups in total. The summed E-state index contributed by atoms with van der Waals surface area (Å²) in [4.78, 5) is 12.3. The van der Waals surface area contributed by atoms with Crippen LogP contribution >= 0.6 is 0 Å². The number of amides is 1. The third-order valence-electron chi connectivity index (χ3n) is 4.46. The van der Waals surface area contributed by atoms with Crippen LogP contribution in [0.2, 0.25) is 0 Å². The summed E-state index contributed by atoms with van der Waals surface area (Å²) in [6, 6.07) is 16.6. The Morgan fingerprint density at radius 1 is 0.957 bits per heavy atom. The maximum atomic E-state index is 13.7. The highest BCUT2D eigenvalue weighted by molar-refractivity contribution is 6.05. The fourth-order valence-corrected chi connectivity index (χ4v) is 3.36. The SMILES string of the molecule is O=C(Cc1ccccc1F)Nc1ccc2c3c(cccc13)CC2. The zero-order valence-electron chi connectivity index (χ0n) is 12.6. The van der Waals surface area contributed by atoms with E-state index in [1.165, 1.54) is 22.6 Å². The first-order chi connectivity index (χ1) is 11.2. The minimum absolute atomic E-state index is 0.0373. The first kappa shape index (κ1) is 13.9. The summed E-state index contributed by atoms with van der Waals surface area (Å²) in [6.45, 7) is 0. The highest BCUT2D eigenvalue weighted by Gasteiger charge is 2.17. The average Bonchev–Trinajstić information content (AvgIpc) is 2.97. The summed E-state index contributed by atoms with van der Waals surface area (Å²) >= 11 is 0. The number of anilines is 1. The van der Waals surface area contributed by atoms with Crippen molar-refractivity contribution in [3.63, 3.8) is 0 Å². The molecule has 0 saturated heterocycles. The van der Waals surface area contributed by atoms with Crippen molar-refractivity contribution in [3.8, 4) is 0 Å². The quantitative estimate of drug-likeness (QED) is 0.769. The molecular weight excluding hydrogens is 289 g/mol. The molecule has 3 aromatic rings. The monoisotopic (exact) mass is 305 g/mol. The molecule has 3 aromatic carbocycles. The summed E-state index contributed by atoms with van der Waals surface area (Å²) in [7, 11) is 0. The number of hydrogen-bond acceptors (Lipinski definition) is 1. The third-order valence-corrected chi connectivity index (χ3v) is 4.46. The second kappa shape index (κ2) is 5.51. The lowest BCUT2D eigenvalue weighted by Crippen LogP contribution is -2.15. The van der Waals surface area contributed by atoms with E-state index in [9.17, 15) is 9.18 Å². The van der Waals surface area contributed by atoms with Crippen LogP contribution in [0, 0.1) is 5.82 Å². The van der Waals surface area contributed by atoms with Crippen LogP contribution in [-0.4, -0.2) is 5.91 Å². The summed E-state index contributed by atoms with van der Waals surface area (Å²) in [5.41, 5.74) is 3.88. The van der Waals surface area contributed by atoms with Crippen LogP contribution < -0.4 is 5.32 Å². The highest BCUT2D eigenvalue weighted by Crippen LogP contribution is 2.35. The molecule has 0 saturated carbocycles. The molecule has 0 spiro atoms. The topological polar surface area (TPSA) is 29.1 Å². The molecule has 0 aromatic heterocycles. The van der Waals surface area contributed by atoms with Gasteiger partial charge in [-0.25, -0.2) is 4.39 Å². The molecule has 0 bridgehead atoms. The Morgan fingerprint density at radius 3 is 2.57 bits per heavy atom. The Labute approximate surface area is 134 Å². The van der Waals surface area contributed by atoms with Gasteiger partial charge in [0.2, 0.25) is 5.91 Å². The molecule has 114 valence electrons. The normalized spacial score (nSPS) is 12.6. The number of aryl methyl sites for hydroxylation is 2. The van der Waals surface area contributed by atoms with E-state index in [0.717, 1.165) is 23.9 Å². The molecule has 4 rings (SSSR count). The van der Waals surface area contributed by atoms with Crippen molar-refractivity contribution in [2.45, 2.75) is 19.3 Å². The van der Waals surface area contributed by atoms with Crippen LogP contribution in [0.1, 0.15) is 16.7 Å². The van der Waals surface area contributed by atoms with Gasteiger partial charge in [-0.2, -0.15) is 0 Å². The first-order valence-corrected chi connectivity index (χ1v) is 7.79. The summed E-state index contributed by atoms with van der Waals surface area (Å²) in [6.07, 6.45) is 2.15. The first-order valence-electron chi connectivity index (χ1n) is 7.79. The Kier molecular flexibility index (Phi) is 3.34. The fourth-order valence-electron chi connectivity index (χ4n) is 3.36. The predicted molar refractivity (Wildman–Crippen MR) is 90.1 cm³/mol. The number of carbonyl (C=O) groups is 1. The van der Waals surface area contributed by atoms with Crippen LogP contribution in [-0.2, 0) is 24.1 Å².